The number of hydrogen-bond donors (Lipinski definition) is 4. The zero-order valence-electron chi connectivity index (χ0n) is 30.2. The number of aryl methyl sites for hydroxylation is 1. The Morgan fingerprint density at radius 2 is 1.77 bits per heavy atom. The Morgan fingerprint density at radius 1 is 0.962 bits per heavy atom. The Balaban J connectivity index is 0.848. The summed E-state index contributed by atoms with van der Waals surface area (Å²) in [6.45, 7) is 7.22. The van der Waals surface area contributed by atoms with Crippen molar-refractivity contribution in [2.24, 2.45) is 0 Å². The lowest BCUT2D eigenvalue weighted by Crippen LogP contribution is -2.52. The van der Waals surface area contributed by atoms with Gasteiger partial charge in [0.15, 0.2) is 5.82 Å². The lowest BCUT2D eigenvalue weighted by molar-refractivity contribution is -0.136. The van der Waals surface area contributed by atoms with Crippen LogP contribution in [0.25, 0.3) is 16.7 Å². The largest absolute Gasteiger partial charge is 0.494 e. The van der Waals surface area contributed by atoms with E-state index in [-0.39, 0.29) is 35.6 Å². The van der Waals surface area contributed by atoms with E-state index in [1.807, 2.05) is 65.2 Å². The summed E-state index contributed by atoms with van der Waals surface area (Å²) in [6.07, 6.45) is 7.20. The Hall–Kier alpha value is -5.98. The van der Waals surface area contributed by atoms with Crippen molar-refractivity contribution in [2.75, 3.05) is 17.2 Å². The van der Waals surface area contributed by atoms with E-state index >= 15 is 0 Å². The van der Waals surface area contributed by atoms with Crippen LogP contribution in [0.5, 0.6) is 5.75 Å². The summed E-state index contributed by atoms with van der Waals surface area (Å²) in [5.41, 5.74) is 6.97. The molecular weight excluding hydrogens is 672 g/mol. The normalized spacial score (nSPS) is 15.8. The zero-order valence-corrected chi connectivity index (χ0v) is 30.2. The fraction of sp³-hybridized carbons (Fsp3) is 0.350. The van der Waals surface area contributed by atoms with Crippen LogP contribution in [0, 0.1) is 0 Å². The van der Waals surface area contributed by atoms with Crippen LogP contribution in [-0.2, 0) is 28.0 Å². The number of aromatic nitrogens is 4. The standard InChI is InChI=1S/C40H44N8O5/c1-40(2,3)34-22-35(46-45-34)43-39(52)42-26-12-14-27(15-13-26)48-24-41-31-21-28(16-17-32(31)48)53-20-7-5-4-6-9-25-10-8-11-29-30(25)23-47(38(29)51)33-18-19-36(49)44-37(33)50/h8,10-17,21-22,24,33H,4-7,9,18-20,23H2,1-3H3,(H,44,49,50)(H3,42,43,45,46,52). The number of anilines is 2. The van der Waals surface area contributed by atoms with Crippen LogP contribution >= 0.6 is 0 Å². The molecule has 0 saturated carbocycles. The van der Waals surface area contributed by atoms with Gasteiger partial charge in [-0.05, 0) is 79.3 Å². The van der Waals surface area contributed by atoms with Crippen molar-refractivity contribution in [1.29, 1.82) is 0 Å². The molecule has 1 unspecified atom stereocenters. The molecule has 5 amide bonds. The number of H-pyrrole nitrogens is 1. The lowest BCUT2D eigenvalue weighted by atomic mass is 9.92. The average Bonchev–Trinajstić information content (AvgIpc) is 3.86. The highest BCUT2D eigenvalue weighted by Crippen LogP contribution is 2.31. The number of imidazole rings is 1. The van der Waals surface area contributed by atoms with Crippen molar-refractivity contribution < 1.29 is 23.9 Å². The van der Waals surface area contributed by atoms with Crippen molar-refractivity contribution in [3.8, 4) is 11.4 Å². The predicted molar refractivity (Wildman–Crippen MR) is 201 cm³/mol. The van der Waals surface area contributed by atoms with Gasteiger partial charge < -0.3 is 15.0 Å². The summed E-state index contributed by atoms with van der Waals surface area (Å²) in [4.78, 5) is 55.8. The second-order valence-electron chi connectivity index (χ2n) is 14.7. The van der Waals surface area contributed by atoms with Crippen LogP contribution in [-0.4, -0.2) is 61.0 Å². The van der Waals surface area contributed by atoms with Gasteiger partial charge in [0.2, 0.25) is 11.8 Å². The zero-order chi connectivity index (χ0) is 37.1. The van der Waals surface area contributed by atoms with E-state index in [1.165, 1.54) is 0 Å². The van der Waals surface area contributed by atoms with Crippen molar-refractivity contribution in [1.82, 2.24) is 30.0 Å². The van der Waals surface area contributed by atoms with Gasteiger partial charge in [0, 0.05) is 53.1 Å². The van der Waals surface area contributed by atoms with Crippen molar-refractivity contribution in [3.63, 3.8) is 0 Å². The first-order valence-electron chi connectivity index (χ1n) is 18.1. The molecule has 4 heterocycles. The Bertz CT molecular complexity index is 2160. The number of unbranched alkanes of at least 4 members (excludes halogenated alkanes) is 3. The predicted octanol–water partition coefficient (Wildman–Crippen LogP) is 6.63. The molecule has 2 aliphatic heterocycles. The van der Waals surface area contributed by atoms with E-state index in [2.05, 4.69) is 58.0 Å². The van der Waals surface area contributed by atoms with Gasteiger partial charge in [0.05, 0.1) is 17.6 Å². The van der Waals surface area contributed by atoms with Gasteiger partial charge in [0.25, 0.3) is 5.91 Å². The first-order chi connectivity index (χ1) is 25.5. The second-order valence-corrected chi connectivity index (χ2v) is 14.7. The summed E-state index contributed by atoms with van der Waals surface area (Å²) >= 11 is 0. The molecule has 7 rings (SSSR count). The Kier molecular flexibility index (Phi) is 9.98. The summed E-state index contributed by atoms with van der Waals surface area (Å²) in [6, 6.07) is 20.1. The van der Waals surface area contributed by atoms with Crippen LogP contribution in [0.4, 0.5) is 16.3 Å². The molecule has 0 aliphatic carbocycles. The number of carbonyl (C=O) groups excluding carboxylic acids is 4. The third-order valence-corrected chi connectivity index (χ3v) is 9.84. The highest BCUT2D eigenvalue weighted by Gasteiger charge is 2.39. The molecule has 0 radical (unpaired) electrons. The summed E-state index contributed by atoms with van der Waals surface area (Å²) < 4.78 is 8.06. The molecule has 13 heteroatoms. The minimum Gasteiger partial charge on any atom is -0.494 e. The van der Waals surface area contributed by atoms with Crippen LogP contribution in [0.2, 0.25) is 0 Å². The molecule has 13 nitrogen and oxygen atoms in total. The van der Waals surface area contributed by atoms with Gasteiger partial charge in [-0.1, -0.05) is 45.7 Å². The van der Waals surface area contributed by atoms with Gasteiger partial charge in [-0.2, -0.15) is 5.10 Å². The monoisotopic (exact) mass is 716 g/mol. The molecule has 4 N–H and O–H groups in total. The van der Waals surface area contributed by atoms with E-state index in [4.69, 9.17) is 4.74 Å². The van der Waals surface area contributed by atoms with Gasteiger partial charge >= 0.3 is 6.03 Å². The number of aromatic amines is 1. The van der Waals surface area contributed by atoms with E-state index < -0.39 is 6.04 Å². The number of amides is 5. The second kappa shape index (κ2) is 14.9. The molecule has 3 aromatic carbocycles. The summed E-state index contributed by atoms with van der Waals surface area (Å²) in [7, 11) is 0. The number of urea groups is 1. The van der Waals surface area contributed by atoms with Crippen molar-refractivity contribution in [2.45, 2.75) is 83.7 Å². The third kappa shape index (κ3) is 7.93. The van der Waals surface area contributed by atoms with Crippen LogP contribution in [0.1, 0.15) is 86.5 Å². The maximum Gasteiger partial charge on any atom is 0.324 e. The molecule has 2 aromatic heterocycles. The number of carbonyl (C=O) groups is 4. The molecule has 274 valence electrons. The molecule has 0 spiro atoms. The topological polar surface area (TPSA) is 163 Å². The van der Waals surface area contributed by atoms with E-state index in [9.17, 15) is 19.2 Å². The molecule has 53 heavy (non-hydrogen) atoms. The minimum absolute atomic E-state index is 0.0986. The Labute approximate surface area is 307 Å². The third-order valence-electron chi connectivity index (χ3n) is 9.84. The molecule has 1 saturated heterocycles. The molecule has 2 aliphatic rings. The van der Waals surface area contributed by atoms with Gasteiger partial charge in [-0.25, -0.2) is 9.78 Å². The van der Waals surface area contributed by atoms with E-state index in [0.29, 0.717) is 36.6 Å². The molecule has 1 fully saturated rings. The average molecular weight is 717 g/mol. The quantitative estimate of drug-likeness (QED) is 0.0832. The number of piperidine rings is 1. The maximum atomic E-state index is 13.1. The van der Waals surface area contributed by atoms with Gasteiger partial charge in [-0.3, -0.25) is 34.7 Å². The van der Waals surface area contributed by atoms with Crippen molar-refractivity contribution in [3.05, 3.63) is 95.4 Å². The number of rotatable bonds is 12. The number of nitrogens with one attached hydrogen (secondary N) is 4. The first-order valence-corrected chi connectivity index (χ1v) is 18.1. The maximum absolute atomic E-state index is 13.1. The summed E-state index contributed by atoms with van der Waals surface area (Å²) in [5.74, 6) is 0.425. The molecular formula is C40H44N8O5. The fourth-order valence-electron chi connectivity index (χ4n) is 6.89. The van der Waals surface area contributed by atoms with E-state index in [1.54, 1.807) is 11.2 Å². The Morgan fingerprint density at radius 3 is 2.55 bits per heavy atom. The van der Waals surface area contributed by atoms with Crippen LogP contribution in [0.3, 0.4) is 0 Å². The number of benzene rings is 3. The van der Waals surface area contributed by atoms with Gasteiger partial charge in [-0.15, -0.1) is 0 Å². The first kappa shape index (κ1) is 35.4. The lowest BCUT2D eigenvalue weighted by Gasteiger charge is -2.29. The molecule has 0 bridgehead atoms. The van der Waals surface area contributed by atoms with E-state index in [0.717, 1.165) is 71.4 Å². The SMILES string of the molecule is CC(C)(C)c1cc(NC(=O)Nc2ccc(-n3cnc4cc(OCCCCCCc5cccc6c5CN(C5CCC(=O)NC5=O)C6=O)ccc43)cc2)n[nH]1. The molecule has 5 aromatic rings. The highest BCUT2D eigenvalue weighted by atomic mass is 16.5. The minimum atomic E-state index is -0.600. The number of imide groups is 1. The number of nitrogens with zero attached hydrogens (tertiary/aromatic N) is 4. The van der Waals surface area contributed by atoms with Crippen LogP contribution < -0.4 is 20.7 Å². The smallest absolute Gasteiger partial charge is 0.324 e. The van der Waals surface area contributed by atoms with Crippen LogP contribution in [0.15, 0.2) is 73.1 Å². The number of fused-ring (bicyclic) bond motifs is 2. The highest BCUT2D eigenvalue weighted by molar-refractivity contribution is 6.05. The van der Waals surface area contributed by atoms with Gasteiger partial charge in [0.1, 0.15) is 18.1 Å². The number of ether oxygens (including phenoxy) is 1. The molecule has 1 atom stereocenters. The van der Waals surface area contributed by atoms with Crippen molar-refractivity contribution >= 4 is 46.3 Å². The summed E-state index contributed by atoms with van der Waals surface area (Å²) in [5, 5.41) is 15.1. The number of hydrogen-bond acceptors (Lipinski definition) is 7. The fourth-order valence-corrected chi connectivity index (χ4v) is 6.89.